The molecule has 4 heteroatoms. The maximum absolute atomic E-state index is 14.4. The zero-order valence-corrected chi connectivity index (χ0v) is 13.7. The molecule has 0 aliphatic heterocycles. The smallest absolute Gasteiger partial charge is 0.148 e. The van der Waals surface area contributed by atoms with Crippen molar-refractivity contribution in [1.29, 1.82) is 0 Å². The van der Waals surface area contributed by atoms with Gasteiger partial charge in [-0.05, 0) is 49.8 Å². The maximum Gasteiger partial charge on any atom is 0.148 e. The lowest BCUT2D eigenvalue weighted by Crippen LogP contribution is -2.12. The highest BCUT2D eigenvalue weighted by molar-refractivity contribution is 6.32. The summed E-state index contributed by atoms with van der Waals surface area (Å²) >= 11 is 12.6. The van der Waals surface area contributed by atoms with Gasteiger partial charge in [0.05, 0.1) is 10.4 Å². The van der Waals surface area contributed by atoms with Crippen molar-refractivity contribution in [2.75, 3.05) is 6.61 Å². The van der Waals surface area contributed by atoms with Crippen LogP contribution in [0.25, 0.3) is 0 Å². The van der Waals surface area contributed by atoms with E-state index in [1.54, 1.807) is 6.07 Å². The number of terminal acetylenes is 1. The van der Waals surface area contributed by atoms with Crippen LogP contribution >= 0.6 is 23.2 Å². The van der Waals surface area contributed by atoms with Crippen LogP contribution in [0.2, 0.25) is 5.02 Å². The number of alkyl halides is 1. The normalized spacial score (nSPS) is 24.1. The molecule has 0 saturated carbocycles. The Hall–Kier alpha value is -1.17. The lowest BCUT2D eigenvalue weighted by molar-refractivity contribution is 0.368. The average Bonchev–Trinajstić information content (AvgIpc) is 2.84. The summed E-state index contributed by atoms with van der Waals surface area (Å²) in [6.07, 6.45) is 10.5. The third-order valence-corrected chi connectivity index (χ3v) is 5.41. The summed E-state index contributed by atoms with van der Waals surface area (Å²) in [6, 6.07) is 2.96. The zero-order valence-electron chi connectivity index (χ0n) is 12.2. The predicted molar refractivity (Wildman–Crippen MR) is 88.2 cm³/mol. The molecular weight excluding hydrogens is 322 g/mol. The first-order valence-corrected chi connectivity index (χ1v) is 8.33. The van der Waals surface area contributed by atoms with E-state index in [0.717, 1.165) is 19.3 Å². The van der Waals surface area contributed by atoms with Crippen LogP contribution in [0.15, 0.2) is 23.3 Å². The van der Waals surface area contributed by atoms with Gasteiger partial charge in [-0.3, -0.25) is 0 Å². The molecule has 0 fully saturated rings. The molecule has 1 aromatic rings. The second-order valence-corrected chi connectivity index (χ2v) is 6.72. The fourth-order valence-electron chi connectivity index (χ4n) is 3.50. The van der Waals surface area contributed by atoms with Gasteiger partial charge in [-0.25, -0.2) is 4.39 Å². The lowest BCUT2D eigenvalue weighted by Gasteiger charge is -2.19. The highest BCUT2D eigenvalue weighted by atomic mass is 35.5. The van der Waals surface area contributed by atoms with Gasteiger partial charge in [0.2, 0.25) is 0 Å². The number of benzene rings is 1. The van der Waals surface area contributed by atoms with Crippen molar-refractivity contribution in [3.05, 3.63) is 39.7 Å². The monoisotopic (exact) mass is 338 g/mol. The topological polar surface area (TPSA) is 9.23 Å². The molecule has 0 saturated heterocycles. The van der Waals surface area contributed by atoms with Crippen molar-refractivity contribution in [3.8, 4) is 18.1 Å². The Labute approximate surface area is 140 Å². The van der Waals surface area contributed by atoms with Crippen molar-refractivity contribution >= 4 is 23.2 Å². The Morgan fingerprint density at radius 1 is 1.32 bits per heavy atom. The standard InChI is InChI=1S/C18H17Cl2FO/c1-2-7-22-17-9-13(16(21)10-15(17)19)14-8-11-5-3-4-6-12(11)18(14)20/h1,9-10,14,18H,3-8H2. The Morgan fingerprint density at radius 3 is 2.82 bits per heavy atom. The van der Waals surface area contributed by atoms with Crippen molar-refractivity contribution in [1.82, 2.24) is 0 Å². The number of hydrogen-bond acceptors (Lipinski definition) is 1. The van der Waals surface area contributed by atoms with E-state index in [0.29, 0.717) is 11.3 Å². The number of hydrogen-bond donors (Lipinski definition) is 0. The van der Waals surface area contributed by atoms with E-state index >= 15 is 0 Å². The number of rotatable bonds is 3. The zero-order chi connectivity index (χ0) is 15.7. The summed E-state index contributed by atoms with van der Waals surface area (Å²) in [5, 5.41) is 0.102. The fraction of sp³-hybridized carbons (Fsp3) is 0.444. The Kier molecular flexibility index (Phi) is 4.66. The van der Waals surface area contributed by atoms with Gasteiger partial charge in [0.1, 0.15) is 18.2 Å². The van der Waals surface area contributed by atoms with Crippen LogP contribution in [-0.4, -0.2) is 12.0 Å². The molecule has 1 nitrogen and oxygen atoms in total. The second-order valence-electron chi connectivity index (χ2n) is 5.85. The molecule has 2 aliphatic rings. The fourth-order valence-corrected chi connectivity index (χ4v) is 4.19. The van der Waals surface area contributed by atoms with Gasteiger partial charge >= 0.3 is 0 Å². The highest BCUT2D eigenvalue weighted by Crippen LogP contribution is 2.49. The van der Waals surface area contributed by atoms with E-state index in [1.807, 2.05) is 0 Å². The molecule has 0 radical (unpaired) electrons. The molecule has 0 aromatic heterocycles. The summed E-state index contributed by atoms with van der Waals surface area (Å²) < 4.78 is 19.8. The minimum atomic E-state index is -0.325. The highest BCUT2D eigenvalue weighted by Gasteiger charge is 2.36. The van der Waals surface area contributed by atoms with E-state index in [1.165, 1.54) is 30.1 Å². The van der Waals surface area contributed by atoms with Gasteiger partial charge in [0.25, 0.3) is 0 Å². The van der Waals surface area contributed by atoms with Crippen molar-refractivity contribution in [2.45, 2.75) is 43.4 Å². The summed E-state index contributed by atoms with van der Waals surface area (Å²) in [6.45, 7) is 0.106. The van der Waals surface area contributed by atoms with Crippen molar-refractivity contribution in [2.24, 2.45) is 0 Å². The first-order valence-electron chi connectivity index (χ1n) is 7.52. The van der Waals surface area contributed by atoms with Crippen LogP contribution in [0.4, 0.5) is 4.39 Å². The van der Waals surface area contributed by atoms with Crippen LogP contribution in [0, 0.1) is 18.2 Å². The molecule has 0 amide bonds. The molecule has 0 bridgehead atoms. The van der Waals surface area contributed by atoms with E-state index in [9.17, 15) is 4.39 Å². The van der Waals surface area contributed by atoms with Crippen molar-refractivity contribution in [3.63, 3.8) is 0 Å². The minimum absolute atomic E-state index is 0.0461. The number of allylic oxidation sites excluding steroid dienone is 2. The molecule has 2 unspecified atom stereocenters. The van der Waals surface area contributed by atoms with E-state index in [2.05, 4.69) is 5.92 Å². The van der Waals surface area contributed by atoms with Crippen LogP contribution in [0.5, 0.6) is 5.75 Å². The van der Waals surface area contributed by atoms with Gasteiger partial charge in [-0.2, -0.15) is 0 Å². The number of ether oxygens (including phenoxy) is 1. The summed E-state index contributed by atoms with van der Waals surface area (Å²) in [4.78, 5) is 0. The third kappa shape index (κ3) is 2.85. The van der Waals surface area contributed by atoms with Crippen LogP contribution in [0.1, 0.15) is 43.6 Å². The summed E-state index contributed by atoms with van der Waals surface area (Å²) in [7, 11) is 0. The molecule has 3 rings (SSSR count). The molecule has 2 aliphatic carbocycles. The number of halogens is 3. The molecular formula is C18H17Cl2FO. The molecule has 0 N–H and O–H groups in total. The van der Waals surface area contributed by atoms with E-state index in [-0.39, 0.29) is 28.7 Å². The Bertz CT molecular complexity index is 660. The van der Waals surface area contributed by atoms with Crippen LogP contribution in [-0.2, 0) is 0 Å². The average molecular weight is 339 g/mol. The van der Waals surface area contributed by atoms with Gasteiger partial charge in [-0.15, -0.1) is 18.0 Å². The molecule has 0 spiro atoms. The van der Waals surface area contributed by atoms with Gasteiger partial charge in [-0.1, -0.05) is 28.7 Å². The van der Waals surface area contributed by atoms with Crippen LogP contribution in [0.3, 0.4) is 0 Å². The molecule has 22 heavy (non-hydrogen) atoms. The largest absolute Gasteiger partial charge is 0.479 e. The summed E-state index contributed by atoms with van der Waals surface area (Å²) in [5.74, 6) is 2.44. The van der Waals surface area contributed by atoms with Crippen LogP contribution < -0.4 is 4.74 Å². The SMILES string of the molecule is C#CCOc1cc(C2CC3=C(CCCC3)C2Cl)c(F)cc1Cl. The Balaban J connectivity index is 1.91. The first kappa shape index (κ1) is 15.7. The third-order valence-electron chi connectivity index (χ3n) is 4.54. The van der Waals surface area contributed by atoms with Gasteiger partial charge in [0, 0.05) is 5.92 Å². The minimum Gasteiger partial charge on any atom is -0.479 e. The maximum atomic E-state index is 14.4. The van der Waals surface area contributed by atoms with E-state index < -0.39 is 0 Å². The second kappa shape index (κ2) is 6.52. The van der Waals surface area contributed by atoms with Gasteiger partial charge < -0.3 is 4.74 Å². The predicted octanol–water partition coefficient (Wildman–Crippen LogP) is 5.46. The van der Waals surface area contributed by atoms with E-state index in [4.69, 9.17) is 34.4 Å². The molecule has 2 atom stereocenters. The molecule has 1 aromatic carbocycles. The quantitative estimate of drug-likeness (QED) is 0.404. The summed E-state index contributed by atoms with van der Waals surface area (Å²) in [5.41, 5.74) is 3.31. The first-order chi connectivity index (χ1) is 10.6. The lowest BCUT2D eigenvalue weighted by atomic mass is 9.93. The Morgan fingerprint density at radius 2 is 2.09 bits per heavy atom. The molecule has 116 valence electrons. The van der Waals surface area contributed by atoms with Crippen molar-refractivity contribution < 1.29 is 9.13 Å². The van der Waals surface area contributed by atoms with Gasteiger partial charge in [0.15, 0.2) is 0 Å². The molecule has 0 heterocycles.